The van der Waals surface area contributed by atoms with E-state index >= 15 is 0 Å². The Hall–Kier alpha value is -3.14. The second-order valence-corrected chi connectivity index (χ2v) is 6.34. The van der Waals surface area contributed by atoms with Gasteiger partial charge in [0.2, 0.25) is 0 Å². The Labute approximate surface area is 146 Å². The van der Waals surface area contributed by atoms with Gasteiger partial charge in [-0.1, -0.05) is 42.5 Å². The molecule has 0 saturated heterocycles. The predicted octanol–water partition coefficient (Wildman–Crippen LogP) is 3.47. The maximum Gasteiger partial charge on any atom is 0.165 e. The Kier molecular flexibility index (Phi) is 3.10. The minimum absolute atomic E-state index is 0.478. The molecule has 0 fully saturated rings. The van der Waals surface area contributed by atoms with Crippen LogP contribution in [0.4, 0.5) is 5.69 Å². The van der Waals surface area contributed by atoms with Gasteiger partial charge in [0.25, 0.3) is 0 Å². The lowest BCUT2D eigenvalue weighted by molar-refractivity contribution is 0.268. The van der Waals surface area contributed by atoms with Crippen molar-refractivity contribution in [3.63, 3.8) is 0 Å². The number of nitrogens with one attached hydrogen (secondary N) is 1. The molecule has 0 spiro atoms. The SMILES string of the molecule is c1ccc(C2(c3ccncc3)Nc3ccccc3C3=NCCN32)cc1. The van der Waals surface area contributed by atoms with Gasteiger partial charge in [-0.05, 0) is 24.3 Å². The summed E-state index contributed by atoms with van der Waals surface area (Å²) in [4.78, 5) is 11.4. The van der Waals surface area contributed by atoms with Crippen LogP contribution in [0.25, 0.3) is 0 Å². The molecule has 4 heteroatoms. The smallest absolute Gasteiger partial charge is 0.165 e. The Bertz CT molecular complexity index is 895. The maximum atomic E-state index is 4.83. The molecule has 1 aromatic heterocycles. The quantitative estimate of drug-likeness (QED) is 0.784. The highest BCUT2D eigenvalue weighted by atomic mass is 15.4. The summed E-state index contributed by atoms with van der Waals surface area (Å²) in [6.45, 7) is 1.69. The Balaban J connectivity index is 1.82. The molecule has 25 heavy (non-hydrogen) atoms. The number of hydrogen-bond donors (Lipinski definition) is 1. The highest BCUT2D eigenvalue weighted by molar-refractivity contribution is 6.07. The van der Waals surface area contributed by atoms with Gasteiger partial charge < -0.3 is 10.2 Å². The van der Waals surface area contributed by atoms with Crippen LogP contribution in [0, 0.1) is 0 Å². The van der Waals surface area contributed by atoms with Crippen molar-refractivity contribution in [3.05, 3.63) is 95.8 Å². The third-order valence-electron chi connectivity index (χ3n) is 5.02. The van der Waals surface area contributed by atoms with E-state index in [2.05, 4.69) is 81.9 Å². The minimum atomic E-state index is -0.478. The van der Waals surface area contributed by atoms with Crippen LogP contribution in [0.5, 0.6) is 0 Å². The second-order valence-electron chi connectivity index (χ2n) is 6.34. The molecule has 1 N–H and O–H groups in total. The Morgan fingerprint density at radius 3 is 2.40 bits per heavy atom. The molecular weight excluding hydrogens is 308 g/mol. The van der Waals surface area contributed by atoms with Crippen molar-refractivity contribution in [2.45, 2.75) is 5.66 Å². The van der Waals surface area contributed by atoms with Crippen LogP contribution in [0.3, 0.4) is 0 Å². The van der Waals surface area contributed by atoms with Crippen molar-refractivity contribution < 1.29 is 0 Å². The largest absolute Gasteiger partial charge is 0.354 e. The summed E-state index contributed by atoms with van der Waals surface area (Å²) in [6, 6.07) is 23.2. The van der Waals surface area contributed by atoms with Crippen molar-refractivity contribution >= 4 is 11.5 Å². The molecule has 5 rings (SSSR count). The first kappa shape index (κ1) is 14.2. The van der Waals surface area contributed by atoms with Crippen LogP contribution < -0.4 is 5.32 Å². The molecule has 122 valence electrons. The van der Waals surface area contributed by atoms with Crippen LogP contribution in [0.2, 0.25) is 0 Å². The molecule has 4 nitrogen and oxygen atoms in total. The topological polar surface area (TPSA) is 40.5 Å². The minimum Gasteiger partial charge on any atom is -0.354 e. The zero-order chi connectivity index (χ0) is 16.7. The summed E-state index contributed by atoms with van der Waals surface area (Å²) in [5.41, 5.74) is 4.16. The second kappa shape index (κ2) is 5.45. The molecule has 0 aliphatic carbocycles. The van der Waals surface area contributed by atoms with E-state index in [0.717, 1.165) is 30.2 Å². The van der Waals surface area contributed by atoms with E-state index < -0.39 is 5.66 Å². The van der Waals surface area contributed by atoms with Crippen molar-refractivity contribution in [3.8, 4) is 0 Å². The van der Waals surface area contributed by atoms with Gasteiger partial charge in [-0.15, -0.1) is 0 Å². The molecule has 1 atom stereocenters. The number of fused-ring (bicyclic) bond motifs is 3. The van der Waals surface area contributed by atoms with Crippen LogP contribution >= 0.6 is 0 Å². The highest BCUT2D eigenvalue weighted by Crippen LogP contribution is 2.43. The number of pyridine rings is 1. The zero-order valence-electron chi connectivity index (χ0n) is 13.8. The number of nitrogens with zero attached hydrogens (tertiary/aromatic N) is 3. The summed E-state index contributed by atoms with van der Waals surface area (Å²) >= 11 is 0. The number of amidine groups is 1. The predicted molar refractivity (Wildman–Crippen MR) is 99.6 cm³/mol. The first-order chi connectivity index (χ1) is 12.4. The number of anilines is 1. The van der Waals surface area contributed by atoms with Crippen LogP contribution in [-0.2, 0) is 5.66 Å². The van der Waals surface area contributed by atoms with Crippen molar-refractivity contribution in [2.24, 2.45) is 4.99 Å². The number of aliphatic imine (C=N–C) groups is 1. The van der Waals surface area contributed by atoms with Gasteiger partial charge in [0, 0.05) is 41.3 Å². The molecule has 0 bridgehead atoms. The van der Waals surface area contributed by atoms with Gasteiger partial charge in [0.15, 0.2) is 5.66 Å². The lowest BCUT2D eigenvalue weighted by Crippen LogP contribution is -2.57. The van der Waals surface area contributed by atoms with Gasteiger partial charge >= 0.3 is 0 Å². The molecular formula is C21H18N4. The lowest BCUT2D eigenvalue weighted by atomic mass is 9.86. The van der Waals surface area contributed by atoms with E-state index in [9.17, 15) is 0 Å². The van der Waals surface area contributed by atoms with Gasteiger partial charge in [-0.2, -0.15) is 0 Å². The number of benzene rings is 2. The Morgan fingerprint density at radius 1 is 0.840 bits per heavy atom. The first-order valence-electron chi connectivity index (χ1n) is 8.55. The van der Waals surface area contributed by atoms with Gasteiger partial charge in [0.1, 0.15) is 5.84 Å². The average Bonchev–Trinajstić information content (AvgIpc) is 3.19. The highest BCUT2D eigenvalue weighted by Gasteiger charge is 2.47. The fourth-order valence-electron chi connectivity index (χ4n) is 3.95. The fourth-order valence-corrected chi connectivity index (χ4v) is 3.95. The summed E-state index contributed by atoms with van der Waals surface area (Å²) < 4.78 is 0. The molecule has 2 aromatic carbocycles. The molecule has 3 heterocycles. The third kappa shape index (κ3) is 2.00. The van der Waals surface area contributed by atoms with E-state index in [1.54, 1.807) is 0 Å². The van der Waals surface area contributed by atoms with Crippen molar-refractivity contribution in [2.75, 3.05) is 18.4 Å². The number of para-hydroxylation sites is 1. The molecule has 0 amide bonds. The third-order valence-corrected chi connectivity index (χ3v) is 5.02. The fraction of sp³-hybridized carbons (Fsp3) is 0.143. The molecule has 3 aromatic rings. The van der Waals surface area contributed by atoms with Gasteiger partial charge in [-0.25, -0.2) is 0 Å². The standard InChI is InChI=1S/C21H18N4/c1-2-6-16(7-3-1)21(17-10-12-22-13-11-17)24-19-9-5-4-8-18(19)20-23-14-15-25(20)21/h1-13,24H,14-15H2. The van der Waals surface area contributed by atoms with Crippen LogP contribution in [0.1, 0.15) is 16.7 Å². The molecule has 2 aliphatic rings. The van der Waals surface area contributed by atoms with Crippen molar-refractivity contribution in [1.29, 1.82) is 0 Å². The maximum absolute atomic E-state index is 4.83. The van der Waals surface area contributed by atoms with Crippen LogP contribution in [-0.4, -0.2) is 28.8 Å². The summed E-state index contributed by atoms with van der Waals surface area (Å²) in [6.07, 6.45) is 3.71. The van der Waals surface area contributed by atoms with E-state index in [-0.39, 0.29) is 0 Å². The van der Waals surface area contributed by atoms with E-state index in [4.69, 9.17) is 4.99 Å². The summed E-state index contributed by atoms with van der Waals surface area (Å²) in [5.74, 6) is 1.06. The van der Waals surface area contributed by atoms with Gasteiger partial charge in [-0.3, -0.25) is 9.98 Å². The monoisotopic (exact) mass is 326 g/mol. The zero-order valence-corrected chi connectivity index (χ0v) is 13.8. The first-order valence-corrected chi connectivity index (χ1v) is 8.55. The molecule has 2 aliphatic heterocycles. The summed E-state index contributed by atoms with van der Waals surface area (Å²) in [5, 5.41) is 3.83. The number of rotatable bonds is 2. The van der Waals surface area contributed by atoms with Crippen LogP contribution in [0.15, 0.2) is 84.1 Å². The Morgan fingerprint density at radius 2 is 1.56 bits per heavy atom. The number of aromatic nitrogens is 1. The van der Waals surface area contributed by atoms with E-state index in [1.807, 2.05) is 12.4 Å². The van der Waals surface area contributed by atoms with Gasteiger partial charge in [0.05, 0.1) is 6.54 Å². The average molecular weight is 326 g/mol. The normalized spacial score (nSPS) is 21.1. The number of hydrogen-bond acceptors (Lipinski definition) is 4. The van der Waals surface area contributed by atoms with E-state index in [1.165, 1.54) is 11.1 Å². The van der Waals surface area contributed by atoms with E-state index in [0.29, 0.717) is 0 Å². The van der Waals surface area contributed by atoms with Crippen molar-refractivity contribution in [1.82, 2.24) is 9.88 Å². The molecule has 0 saturated carbocycles. The lowest BCUT2D eigenvalue weighted by Gasteiger charge is -2.49. The summed E-state index contributed by atoms with van der Waals surface area (Å²) in [7, 11) is 0. The molecule has 1 unspecified atom stereocenters. The molecule has 0 radical (unpaired) electrons.